The van der Waals surface area contributed by atoms with Gasteiger partial charge in [0.25, 0.3) is 5.69 Å². The minimum Gasteiger partial charge on any atom is -0.493 e. The average Bonchev–Trinajstić information content (AvgIpc) is 3.27. The van der Waals surface area contributed by atoms with Crippen LogP contribution in [0.5, 0.6) is 17.2 Å². The van der Waals surface area contributed by atoms with Crippen molar-refractivity contribution in [2.75, 3.05) is 20.3 Å². The van der Waals surface area contributed by atoms with Crippen LogP contribution in [0.4, 0.5) is 5.69 Å². The number of carbonyl (C=O) groups excluding carboxylic acids is 2. The van der Waals surface area contributed by atoms with Gasteiger partial charge in [-0.2, -0.15) is 0 Å². The van der Waals surface area contributed by atoms with Crippen LogP contribution in [-0.4, -0.2) is 58.6 Å². The lowest BCUT2D eigenvalue weighted by Gasteiger charge is -2.43. The van der Waals surface area contributed by atoms with Crippen molar-refractivity contribution in [2.45, 2.75) is 25.0 Å². The molecule has 11 nitrogen and oxygen atoms in total. The van der Waals surface area contributed by atoms with Gasteiger partial charge < -0.3 is 24.1 Å². The van der Waals surface area contributed by atoms with E-state index in [1.54, 1.807) is 31.2 Å². The molecule has 40 heavy (non-hydrogen) atoms. The second-order valence-corrected chi connectivity index (χ2v) is 9.98. The van der Waals surface area contributed by atoms with E-state index in [1.165, 1.54) is 54.1 Å². The summed E-state index contributed by atoms with van der Waals surface area (Å²) in [6.07, 6.45) is 4.01. The molecule has 0 bridgehead atoms. The Bertz CT molecular complexity index is 1350. The van der Waals surface area contributed by atoms with E-state index in [4.69, 9.17) is 18.9 Å². The fourth-order valence-corrected chi connectivity index (χ4v) is 5.70. The maximum atomic E-state index is 12.7. The Morgan fingerprint density at radius 1 is 1.20 bits per heavy atom. The molecule has 0 radical (unpaired) electrons. The molecule has 210 valence electrons. The van der Waals surface area contributed by atoms with E-state index in [-0.39, 0.29) is 42.5 Å². The molecule has 0 aromatic heterocycles. The number of allylic oxidation sites excluding steroid dienone is 1. The fourth-order valence-electron chi connectivity index (χ4n) is 4.16. The number of non-ortho nitro benzene ring substituents is 1. The molecule has 3 atom stereocenters. The molecule has 4 rings (SSSR count). The fraction of sp³-hybridized carbons (Fsp3) is 0.286. The number of hydrogen-bond donors (Lipinski definition) is 1. The zero-order valence-electron chi connectivity index (χ0n) is 21.8. The van der Waals surface area contributed by atoms with E-state index in [0.29, 0.717) is 22.2 Å². The lowest BCUT2D eigenvalue weighted by Crippen LogP contribution is -2.60. The first-order valence-electron chi connectivity index (χ1n) is 12.3. The second kappa shape index (κ2) is 12.7. The number of carbonyl (C=O) groups is 2. The number of nitro benzene ring substituents is 1. The molecule has 2 aromatic carbocycles. The summed E-state index contributed by atoms with van der Waals surface area (Å²) in [5.74, 6) is -0.0929. The van der Waals surface area contributed by atoms with E-state index < -0.39 is 22.9 Å². The second-order valence-electron chi connectivity index (χ2n) is 8.82. The van der Waals surface area contributed by atoms with Crippen LogP contribution < -0.4 is 14.2 Å². The van der Waals surface area contributed by atoms with Crippen molar-refractivity contribution in [3.8, 4) is 17.2 Å². The van der Waals surface area contributed by atoms with Gasteiger partial charge in [-0.1, -0.05) is 30.5 Å². The maximum Gasteiger partial charge on any atom is 0.356 e. The Balaban J connectivity index is 1.39. The summed E-state index contributed by atoms with van der Waals surface area (Å²) in [4.78, 5) is 37.5. The van der Waals surface area contributed by atoms with E-state index in [9.17, 15) is 24.8 Å². The lowest BCUT2D eigenvalue weighted by molar-refractivity contribution is -0.384. The third-order valence-corrected chi connectivity index (χ3v) is 7.47. The molecular formula is C28H28N2O9S. The maximum absolute atomic E-state index is 12.7. The highest BCUT2D eigenvalue weighted by molar-refractivity contribution is 8.04. The number of amides is 1. The monoisotopic (exact) mass is 568 g/mol. The number of thioether (sulfide) groups is 1. The van der Waals surface area contributed by atoms with Gasteiger partial charge in [-0.15, -0.1) is 0 Å². The number of aliphatic hydroxyl groups excluding tert-OH is 1. The van der Waals surface area contributed by atoms with Crippen LogP contribution in [0.3, 0.4) is 0 Å². The van der Waals surface area contributed by atoms with Crippen molar-refractivity contribution in [3.63, 3.8) is 0 Å². The van der Waals surface area contributed by atoms with E-state index in [1.807, 2.05) is 6.07 Å². The number of nitrogens with zero attached hydrogens (tertiary/aromatic N) is 2. The highest BCUT2D eigenvalue weighted by atomic mass is 32.2. The van der Waals surface area contributed by atoms with Gasteiger partial charge in [0.15, 0.2) is 11.5 Å². The van der Waals surface area contributed by atoms with E-state index in [0.717, 1.165) is 5.56 Å². The SMILES string of the molecule is C=CCOC(=O)C1=C(/C=C/COc2ccc(COc3ccc([N+](=O)[O-])cc3)cc2OC)S[C@@H]2[C@@H]([C@@H](C)O)C(=O)N12. The van der Waals surface area contributed by atoms with Crippen LogP contribution in [0, 0.1) is 16.0 Å². The summed E-state index contributed by atoms with van der Waals surface area (Å²) in [6, 6.07) is 11.1. The number of ether oxygens (including phenoxy) is 4. The molecule has 1 N–H and O–H groups in total. The first-order valence-corrected chi connectivity index (χ1v) is 13.2. The Labute approximate surface area is 234 Å². The zero-order valence-corrected chi connectivity index (χ0v) is 22.7. The lowest BCUT2D eigenvalue weighted by atomic mass is 9.92. The predicted molar refractivity (Wildman–Crippen MR) is 147 cm³/mol. The number of β-lactam (4-membered cyclic amide) rings is 1. The van der Waals surface area contributed by atoms with Crippen molar-refractivity contribution in [3.05, 3.63) is 93.6 Å². The molecule has 1 fully saturated rings. The van der Waals surface area contributed by atoms with E-state index >= 15 is 0 Å². The summed E-state index contributed by atoms with van der Waals surface area (Å²) in [7, 11) is 1.51. The van der Waals surface area contributed by atoms with Crippen molar-refractivity contribution < 1.29 is 38.6 Å². The van der Waals surface area contributed by atoms with Crippen LogP contribution in [0.25, 0.3) is 0 Å². The number of methoxy groups -OCH3 is 1. The minimum absolute atomic E-state index is 0.00827. The molecule has 1 amide bonds. The normalized spacial score (nSPS) is 18.7. The summed E-state index contributed by atoms with van der Waals surface area (Å²) in [5, 5.41) is 20.4. The molecular weight excluding hydrogens is 540 g/mol. The third-order valence-electron chi connectivity index (χ3n) is 6.14. The highest BCUT2D eigenvalue weighted by Gasteiger charge is 2.57. The molecule has 2 aliphatic heterocycles. The van der Waals surface area contributed by atoms with Gasteiger partial charge in [0.1, 0.15) is 36.6 Å². The van der Waals surface area contributed by atoms with Gasteiger partial charge in [-0.3, -0.25) is 19.8 Å². The molecule has 12 heteroatoms. The molecule has 2 heterocycles. The van der Waals surface area contributed by atoms with Crippen molar-refractivity contribution >= 4 is 29.3 Å². The summed E-state index contributed by atoms with van der Waals surface area (Å²) in [5.41, 5.74) is 0.929. The predicted octanol–water partition coefficient (Wildman–Crippen LogP) is 3.97. The molecule has 0 saturated carbocycles. The molecule has 0 aliphatic carbocycles. The average molecular weight is 569 g/mol. The van der Waals surface area contributed by atoms with Gasteiger partial charge in [0.2, 0.25) is 5.91 Å². The highest BCUT2D eigenvalue weighted by Crippen LogP contribution is 2.50. The van der Waals surface area contributed by atoms with Crippen molar-refractivity contribution in [1.82, 2.24) is 4.90 Å². The van der Waals surface area contributed by atoms with Gasteiger partial charge in [0.05, 0.1) is 24.1 Å². The quantitative estimate of drug-likeness (QED) is 0.124. The van der Waals surface area contributed by atoms with Crippen LogP contribution in [0.15, 0.2) is 77.9 Å². The Morgan fingerprint density at radius 3 is 2.60 bits per heavy atom. The number of aliphatic hydroxyl groups is 1. The number of fused-ring (bicyclic) bond motifs is 1. The number of nitro groups is 1. The number of rotatable bonds is 13. The van der Waals surface area contributed by atoms with Crippen LogP contribution in [0.1, 0.15) is 12.5 Å². The van der Waals surface area contributed by atoms with E-state index in [2.05, 4.69) is 6.58 Å². The van der Waals surface area contributed by atoms with Crippen molar-refractivity contribution in [2.24, 2.45) is 5.92 Å². The van der Waals surface area contributed by atoms with Gasteiger partial charge >= 0.3 is 5.97 Å². The number of hydrogen-bond acceptors (Lipinski definition) is 10. The number of esters is 1. The molecule has 2 aromatic rings. The summed E-state index contributed by atoms with van der Waals surface area (Å²) >= 11 is 1.32. The number of benzene rings is 2. The smallest absolute Gasteiger partial charge is 0.356 e. The van der Waals surface area contributed by atoms with Crippen LogP contribution in [-0.2, 0) is 20.9 Å². The third kappa shape index (κ3) is 6.13. The molecule has 0 spiro atoms. The van der Waals surface area contributed by atoms with Crippen LogP contribution in [0.2, 0.25) is 0 Å². The molecule has 1 saturated heterocycles. The topological polar surface area (TPSA) is 138 Å². The summed E-state index contributed by atoms with van der Waals surface area (Å²) in [6.45, 7) is 5.46. The first kappa shape index (κ1) is 28.7. The first-order chi connectivity index (χ1) is 19.2. The standard InChI is InChI=1S/C28H28N2O9S/c1-4-13-38-28(33)25-23(40-27-24(17(2)31)26(32)29(25)27)6-5-14-37-21-12-7-18(15-22(21)36-3)16-39-20-10-8-19(9-11-20)30(34)35/h4-12,15,17,24,27,31H,1,13-14,16H2,2-3H3/b6-5+/t17-,24+,27-/m1/s1. The van der Waals surface area contributed by atoms with Gasteiger partial charge in [-0.05, 0) is 48.9 Å². The molecule has 2 aliphatic rings. The van der Waals surface area contributed by atoms with Gasteiger partial charge in [0, 0.05) is 17.0 Å². The Kier molecular flexibility index (Phi) is 9.12. The molecule has 0 unspecified atom stereocenters. The van der Waals surface area contributed by atoms with Crippen LogP contribution >= 0.6 is 11.8 Å². The zero-order chi connectivity index (χ0) is 28.8. The summed E-state index contributed by atoms with van der Waals surface area (Å²) < 4.78 is 22.2. The Hall–Kier alpha value is -4.29. The minimum atomic E-state index is -0.840. The van der Waals surface area contributed by atoms with Gasteiger partial charge in [-0.25, -0.2) is 4.79 Å². The van der Waals surface area contributed by atoms with Crippen molar-refractivity contribution in [1.29, 1.82) is 0 Å². The largest absolute Gasteiger partial charge is 0.493 e. The Morgan fingerprint density at radius 2 is 1.95 bits per heavy atom.